The van der Waals surface area contributed by atoms with Crippen LogP contribution in [-0.2, 0) is 6.54 Å². The Bertz CT molecular complexity index is 473. The molecule has 1 aliphatic heterocycles. The fourth-order valence-corrected chi connectivity index (χ4v) is 5.03. The first-order valence-electron chi connectivity index (χ1n) is 8.36. The van der Waals surface area contributed by atoms with E-state index in [0.717, 1.165) is 11.0 Å². The van der Waals surface area contributed by atoms with Crippen molar-refractivity contribution in [2.45, 2.75) is 63.6 Å². The van der Waals surface area contributed by atoms with Crippen molar-refractivity contribution in [3.8, 4) is 0 Å². The van der Waals surface area contributed by atoms with E-state index in [-0.39, 0.29) is 5.54 Å². The van der Waals surface area contributed by atoms with Crippen molar-refractivity contribution in [2.75, 3.05) is 20.1 Å². The van der Waals surface area contributed by atoms with Gasteiger partial charge >= 0.3 is 0 Å². The number of hydrogen-bond acceptors (Lipinski definition) is 3. The molecule has 0 aromatic carbocycles. The average Bonchev–Trinajstić information content (AvgIpc) is 3.21. The summed E-state index contributed by atoms with van der Waals surface area (Å²) in [5.74, 6) is 0. The molecule has 5 heteroatoms. The van der Waals surface area contributed by atoms with Gasteiger partial charge in [-0.1, -0.05) is 12.8 Å². The largest absolute Gasteiger partial charge is 0.310 e. The number of rotatable bonds is 5. The summed E-state index contributed by atoms with van der Waals surface area (Å²) in [7, 11) is 2.11. The zero-order valence-electron chi connectivity index (χ0n) is 13.2. The molecule has 0 radical (unpaired) electrons. The van der Waals surface area contributed by atoms with E-state index in [9.17, 15) is 0 Å². The van der Waals surface area contributed by atoms with Gasteiger partial charge in [0.1, 0.15) is 0 Å². The minimum absolute atomic E-state index is 0.278. The summed E-state index contributed by atoms with van der Waals surface area (Å²) in [6.07, 6.45) is 9.98. The van der Waals surface area contributed by atoms with Gasteiger partial charge in [-0.3, -0.25) is 9.58 Å². The maximum absolute atomic E-state index is 4.54. The van der Waals surface area contributed by atoms with E-state index in [1.165, 1.54) is 57.3 Å². The van der Waals surface area contributed by atoms with Gasteiger partial charge in [0.15, 0.2) is 0 Å². The van der Waals surface area contributed by atoms with Crippen molar-refractivity contribution in [2.24, 2.45) is 0 Å². The van der Waals surface area contributed by atoms with Gasteiger partial charge in [-0.2, -0.15) is 5.10 Å². The molecule has 0 bridgehead atoms. The van der Waals surface area contributed by atoms with Gasteiger partial charge in [-0.05, 0) is 68.7 Å². The highest BCUT2D eigenvalue weighted by Gasteiger charge is 2.48. The summed E-state index contributed by atoms with van der Waals surface area (Å²) in [6.45, 7) is 5.62. The predicted molar refractivity (Wildman–Crippen MR) is 89.4 cm³/mol. The lowest BCUT2D eigenvalue weighted by Gasteiger charge is -2.45. The summed E-state index contributed by atoms with van der Waals surface area (Å²) < 4.78 is 3.30. The van der Waals surface area contributed by atoms with Crippen molar-refractivity contribution in [3.63, 3.8) is 0 Å². The van der Waals surface area contributed by atoms with Crippen molar-refractivity contribution in [1.29, 1.82) is 0 Å². The Labute approximate surface area is 136 Å². The van der Waals surface area contributed by atoms with Crippen LogP contribution >= 0.6 is 15.9 Å². The molecule has 1 aromatic heterocycles. The maximum atomic E-state index is 4.54. The third-order valence-corrected chi connectivity index (χ3v) is 6.05. The molecule has 1 N–H and O–H groups in total. The Kier molecular flexibility index (Phi) is 4.71. The zero-order valence-corrected chi connectivity index (χ0v) is 14.8. The maximum Gasteiger partial charge on any atom is 0.0714 e. The molecule has 2 aliphatic rings. The monoisotopic (exact) mass is 354 g/mol. The molecule has 1 saturated heterocycles. The van der Waals surface area contributed by atoms with E-state index < -0.39 is 0 Å². The number of likely N-dealkylation sites (N-methyl/N-ethyl adjacent to an activating group) is 1. The Morgan fingerprint density at radius 3 is 2.52 bits per heavy atom. The van der Waals surface area contributed by atoms with Crippen molar-refractivity contribution < 1.29 is 0 Å². The van der Waals surface area contributed by atoms with Gasteiger partial charge in [0.05, 0.1) is 22.4 Å². The molecule has 21 heavy (non-hydrogen) atoms. The number of nitrogens with one attached hydrogen (secondary N) is 1. The van der Waals surface area contributed by atoms with Crippen LogP contribution in [0.25, 0.3) is 0 Å². The topological polar surface area (TPSA) is 33.1 Å². The fraction of sp³-hybridized carbons (Fsp3) is 0.812. The first kappa shape index (κ1) is 15.5. The third kappa shape index (κ3) is 2.57. The third-order valence-electron chi connectivity index (χ3n) is 5.44. The molecule has 2 heterocycles. The second kappa shape index (κ2) is 6.39. The molecule has 1 atom stereocenters. The van der Waals surface area contributed by atoms with Gasteiger partial charge in [0.2, 0.25) is 0 Å². The molecule has 1 saturated carbocycles. The molecule has 0 spiro atoms. The lowest BCUT2D eigenvalue weighted by Crippen LogP contribution is -2.54. The van der Waals surface area contributed by atoms with Crippen LogP contribution in [0.3, 0.4) is 0 Å². The van der Waals surface area contributed by atoms with Crippen LogP contribution in [-0.4, -0.2) is 40.4 Å². The second-order valence-corrected chi connectivity index (χ2v) is 7.27. The molecular formula is C16H27BrN4. The van der Waals surface area contributed by atoms with Crippen molar-refractivity contribution in [3.05, 3.63) is 16.4 Å². The summed E-state index contributed by atoms with van der Waals surface area (Å²) >= 11 is 3.74. The Hall–Kier alpha value is -0.390. The first-order valence-corrected chi connectivity index (χ1v) is 9.15. The molecule has 0 amide bonds. The smallest absolute Gasteiger partial charge is 0.0714 e. The molecule has 118 valence electrons. The van der Waals surface area contributed by atoms with E-state index in [1.807, 2.05) is 6.20 Å². The second-order valence-electron chi connectivity index (χ2n) is 6.42. The van der Waals surface area contributed by atoms with Gasteiger partial charge in [-0.15, -0.1) is 0 Å². The first-order chi connectivity index (χ1) is 10.2. The standard InChI is InChI=1S/C16H27BrN4/c1-3-21-14(13(17)12-19-21)15(18-2)16(8-4-5-9-16)20-10-6-7-11-20/h12,15,18H,3-11H2,1-2H3. The van der Waals surface area contributed by atoms with Crippen molar-refractivity contribution >= 4 is 15.9 Å². The van der Waals surface area contributed by atoms with Gasteiger partial charge in [0.25, 0.3) is 0 Å². The predicted octanol–water partition coefficient (Wildman–Crippen LogP) is 3.33. The molecule has 1 aliphatic carbocycles. The van der Waals surface area contributed by atoms with Crippen LogP contribution < -0.4 is 5.32 Å². The molecular weight excluding hydrogens is 328 g/mol. The van der Waals surface area contributed by atoms with E-state index in [4.69, 9.17) is 0 Å². The Balaban J connectivity index is 2.01. The van der Waals surface area contributed by atoms with E-state index in [1.54, 1.807) is 0 Å². The van der Waals surface area contributed by atoms with Crippen LogP contribution in [0.15, 0.2) is 10.7 Å². The van der Waals surface area contributed by atoms with Crippen LogP contribution in [0, 0.1) is 0 Å². The number of likely N-dealkylation sites (tertiary alicyclic amines) is 1. The summed E-state index contributed by atoms with van der Waals surface area (Å²) in [5.41, 5.74) is 1.61. The van der Waals surface area contributed by atoms with Crippen molar-refractivity contribution in [1.82, 2.24) is 20.0 Å². The minimum atomic E-state index is 0.278. The molecule has 4 nitrogen and oxygen atoms in total. The van der Waals surface area contributed by atoms with Crippen LogP contribution in [0.1, 0.15) is 57.2 Å². The van der Waals surface area contributed by atoms with Crippen LogP contribution in [0.5, 0.6) is 0 Å². The van der Waals surface area contributed by atoms with Gasteiger partial charge in [-0.25, -0.2) is 0 Å². The Morgan fingerprint density at radius 1 is 1.29 bits per heavy atom. The van der Waals surface area contributed by atoms with E-state index in [0.29, 0.717) is 6.04 Å². The summed E-state index contributed by atoms with van der Waals surface area (Å²) in [5, 5.41) is 8.19. The number of hydrogen-bond donors (Lipinski definition) is 1. The van der Waals surface area contributed by atoms with Gasteiger partial charge < -0.3 is 5.32 Å². The lowest BCUT2D eigenvalue weighted by molar-refractivity contribution is 0.0757. The molecule has 1 unspecified atom stereocenters. The lowest BCUT2D eigenvalue weighted by atomic mass is 9.84. The van der Waals surface area contributed by atoms with E-state index in [2.05, 4.69) is 49.9 Å². The zero-order chi connectivity index (χ0) is 14.9. The van der Waals surface area contributed by atoms with Crippen LogP contribution in [0.2, 0.25) is 0 Å². The van der Waals surface area contributed by atoms with Crippen LogP contribution in [0.4, 0.5) is 0 Å². The number of nitrogens with zero attached hydrogens (tertiary/aromatic N) is 3. The molecule has 2 fully saturated rings. The highest BCUT2D eigenvalue weighted by Crippen LogP contribution is 2.47. The minimum Gasteiger partial charge on any atom is -0.310 e. The SMILES string of the molecule is CCn1ncc(Br)c1C(NC)C1(N2CCCC2)CCCC1. The molecule has 1 aromatic rings. The van der Waals surface area contributed by atoms with Gasteiger partial charge in [0, 0.05) is 12.1 Å². The van der Waals surface area contributed by atoms with E-state index >= 15 is 0 Å². The Morgan fingerprint density at radius 2 is 1.95 bits per heavy atom. The number of halogens is 1. The quantitative estimate of drug-likeness (QED) is 0.880. The highest BCUT2D eigenvalue weighted by atomic mass is 79.9. The number of aryl methyl sites for hydroxylation is 1. The highest BCUT2D eigenvalue weighted by molar-refractivity contribution is 9.10. The summed E-state index contributed by atoms with van der Waals surface area (Å²) in [6, 6.07) is 0.356. The number of aromatic nitrogens is 2. The fourth-order valence-electron chi connectivity index (χ4n) is 4.51. The molecule has 3 rings (SSSR count). The summed E-state index contributed by atoms with van der Waals surface area (Å²) in [4.78, 5) is 2.76. The average molecular weight is 355 g/mol. The normalized spacial score (nSPS) is 23.8.